The topological polar surface area (TPSA) is 76.3 Å². The van der Waals surface area contributed by atoms with Gasteiger partial charge in [0.25, 0.3) is 5.03 Å². The van der Waals surface area contributed by atoms with Crippen LogP contribution in [0.2, 0.25) is 0 Å². The molecule has 1 aromatic carbocycles. The molecule has 1 fully saturated rings. The molecule has 0 aliphatic carbocycles. The van der Waals surface area contributed by atoms with Crippen LogP contribution >= 0.6 is 11.8 Å². The van der Waals surface area contributed by atoms with Crippen molar-refractivity contribution in [3.8, 4) is 0 Å². The number of aromatic nitrogens is 1. The molecule has 3 rings (SSSR count). The molecule has 0 saturated carbocycles. The van der Waals surface area contributed by atoms with E-state index in [0.29, 0.717) is 23.7 Å². The minimum Gasteiger partial charge on any atom is -0.618 e. The lowest BCUT2D eigenvalue weighted by Crippen LogP contribution is -2.29. The predicted octanol–water partition coefficient (Wildman–Crippen LogP) is 2.18. The Kier molecular flexibility index (Phi) is 5.00. The zero-order valence-electron chi connectivity index (χ0n) is 13.0. The number of hydrogen-bond acceptors (Lipinski definition) is 4. The minimum absolute atomic E-state index is 0.0720. The summed E-state index contributed by atoms with van der Waals surface area (Å²) in [5, 5.41) is 14.9. The number of pyridine rings is 1. The molecule has 0 unspecified atom stereocenters. The van der Waals surface area contributed by atoms with Crippen molar-refractivity contribution >= 4 is 35.0 Å². The molecular formula is C17H17N3O3S. The molecule has 0 spiro atoms. The number of rotatable bonds is 5. The van der Waals surface area contributed by atoms with Gasteiger partial charge in [0, 0.05) is 25.1 Å². The molecule has 124 valence electrons. The summed E-state index contributed by atoms with van der Waals surface area (Å²) in [5.74, 6) is -0.0279. The SMILES string of the molecule is O=C(CSc1cccc[n+]1[O-])Nc1ccccc1N1CCCC1=O. The highest BCUT2D eigenvalue weighted by Gasteiger charge is 2.24. The van der Waals surface area contributed by atoms with E-state index < -0.39 is 0 Å². The Labute approximate surface area is 144 Å². The van der Waals surface area contributed by atoms with Crippen LogP contribution in [0.1, 0.15) is 12.8 Å². The average Bonchev–Trinajstić information content (AvgIpc) is 3.00. The summed E-state index contributed by atoms with van der Waals surface area (Å²) in [7, 11) is 0. The fourth-order valence-electron chi connectivity index (χ4n) is 2.57. The van der Waals surface area contributed by atoms with E-state index in [1.165, 1.54) is 18.0 Å². The Balaban J connectivity index is 1.66. The fourth-order valence-corrected chi connectivity index (χ4v) is 3.28. The molecule has 1 aliphatic rings. The summed E-state index contributed by atoms with van der Waals surface area (Å²) in [6.07, 6.45) is 2.76. The number of para-hydroxylation sites is 2. The van der Waals surface area contributed by atoms with Gasteiger partial charge in [0.15, 0.2) is 6.20 Å². The van der Waals surface area contributed by atoms with Crippen LogP contribution in [0, 0.1) is 5.21 Å². The van der Waals surface area contributed by atoms with Crippen LogP contribution in [0.5, 0.6) is 0 Å². The first-order chi connectivity index (χ1) is 11.6. The standard InChI is InChI=1S/C17H17N3O3S/c21-15(12-24-17-9-3-4-11-20(17)23)18-13-6-1-2-7-14(13)19-10-5-8-16(19)22/h1-4,6-7,9,11H,5,8,10,12H2,(H,18,21). The highest BCUT2D eigenvalue weighted by atomic mass is 32.2. The molecule has 1 N–H and O–H groups in total. The second kappa shape index (κ2) is 7.35. The lowest BCUT2D eigenvalue weighted by atomic mass is 10.2. The van der Waals surface area contributed by atoms with Gasteiger partial charge >= 0.3 is 0 Å². The molecule has 2 amide bonds. The van der Waals surface area contributed by atoms with Gasteiger partial charge in [-0.1, -0.05) is 12.1 Å². The Bertz CT molecular complexity index is 766. The molecule has 1 saturated heterocycles. The van der Waals surface area contributed by atoms with Gasteiger partial charge in [-0.3, -0.25) is 9.59 Å². The molecule has 0 atom stereocenters. The van der Waals surface area contributed by atoms with Gasteiger partial charge in [0.05, 0.1) is 17.1 Å². The van der Waals surface area contributed by atoms with Gasteiger partial charge in [0.2, 0.25) is 11.8 Å². The number of anilines is 2. The molecule has 24 heavy (non-hydrogen) atoms. The highest BCUT2D eigenvalue weighted by molar-refractivity contribution is 7.99. The monoisotopic (exact) mass is 343 g/mol. The van der Waals surface area contributed by atoms with Crippen LogP contribution < -0.4 is 14.9 Å². The van der Waals surface area contributed by atoms with E-state index in [1.54, 1.807) is 29.2 Å². The molecule has 7 heteroatoms. The number of carbonyl (C=O) groups is 2. The van der Waals surface area contributed by atoms with Crippen LogP contribution in [-0.4, -0.2) is 24.1 Å². The van der Waals surface area contributed by atoms with E-state index in [2.05, 4.69) is 5.32 Å². The van der Waals surface area contributed by atoms with Gasteiger partial charge in [-0.15, -0.1) is 0 Å². The van der Waals surface area contributed by atoms with Gasteiger partial charge in [-0.05, 0) is 36.4 Å². The Morgan fingerprint density at radius 2 is 2.04 bits per heavy atom. The fraction of sp³-hybridized carbons (Fsp3) is 0.235. The molecule has 0 bridgehead atoms. The van der Waals surface area contributed by atoms with Crippen molar-refractivity contribution in [2.45, 2.75) is 17.9 Å². The summed E-state index contributed by atoms with van der Waals surface area (Å²) in [4.78, 5) is 25.8. The largest absolute Gasteiger partial charge is 0.618 e. The maximum absolute atomic E-state index is 12.2. The summed E-state index contributed by atoms with van der Waals surface area (Å²) in [6, 6.07) is 12.3. The third kappa shape index (κ3) is 3.68. The molecule has 6 nitrogen and oxygen atoms in total. The number of thioether (sulfide) groups is 1. The molecule has 1 aromatic heterocycles. The van der Waals surface area contributed by atoms with Gasteiger partial charge in [0.1, 0.15) is 0 Å². The van der Waals surface area contributed by atoms with Gasteiger partial charge in [-0.25, -0.2) is 0 Å². The number of hydrogen-bond donors (Lipinski definition) is 1. The third-order valence-electron chi connectivity index (χ3n) is 3.68. The maximum atomic E-state index is 12.2. The van der Waals surface area contributed by atoms with E-state index in [1.807, 2.05) is 18.2 Å². The zero-order chi connectivity index (χ0) is 16.9. The van der Waals surface area contributed by atoms with Gasteiger partial charge in [-0.2, -0.15) is 4.73 Å². The van der Waals surface area contributed by atoms with Crippen molar-refractivity contribution in [2.75, 3.05) is 22.5 Å². The summed E-state index contributed by atoms with van der Waals surface area (Å²) in [5.41, 5.74) is 1.33. The van der Waals surface area contributed by atoms with Crippen LogP contribution in [0.3, 0.4) is 0 Å². The Hall–Kier alpha value is -2.54. The van der Waals surface area contributed by atoms with Crippen molar-refractivity contribution in [3.63, 3.8) is 0 Å². The molecule has 0 radical (unpaired) electrons. The lowest BCUT2D eigenvalue weighted by Gasteiger charge is -2.19. The summed E-state index contributed by atoms with van der Waals surface area (Å²) in [6.45, 7) is 0.667. The van der Waals surface area contributed by atoms with Crippen molar-refractivity contribution in [3.05, 3.63) is 53.9 Å². The molecular weight excluding hydrogens is 326 g/mol. The Morgan fingerprint density at radius 1 is 1.25 bits per heavy atom. The van der Waals surface area contributed by atoms with Crippen LogP contribution in [-0.2, 0) is 9.59 Å². The van der Waals surface area contributed by atoms with Crippen molar-refractivity contribution in [1.29, 1.82) is 0 Å². The predicted molar refractivity (Wildman–Crippen MR) is 92.8 cm³/mol. The molecule has 2 heterocycles. The van der Waals surface area contributed by atoms with Gasteiger partial charge < -0.3 is 15.4 Å². The Morgan fingerprint density at radius 3 is 2.79 bits per heavy atom. The van der Waals surface area contributed by atoms with E-state index in [0.717, 1.165) is 16.8 Å². The normalized spacial score (nSPS) is 14.0. The first-order valence-corrected chi connectivity index (χ1v) is 8.64. The second-order valence-corrected chi connectivity index (χ2v) is 6.36. The van der Waals surface area contributed by atoms with E-state index in [9.17, 15) is 14.8 Å². The summed E-state index contributed by atoms with van der Waals surface area (Å²) < 4.78 is 0.731. The third-order valence-corrected chi connectivity index (χ3v) is 4.70. The quantitative estimate of drug-likeness (QED) is 0.513. The number of benzene rings is 1. The number of amides is 2. The second-order valence-electron chi connectivity index (χ2n) is 5.37. The van der Waals surface area contributed by atoms with E-state index >= 15 is 0 Å². The first kappa shape index (κ1) is 16.3. The maximum Gasteiger partial charge on any atom is 0.251 e. The van der Waals surface area contributed by atoms with Crippen molar-refractivity contribution in [2.24, 2.45) is 0 Å². The lowest BCUT2D eigenvalue weighted by molar-refractivity contribution is -0.645. The number of carbonyl (C=O) groups excluding carboxylic acids is 2. The van der Waals surface area contributed by atoms with Crippen LogP contribution in [0.15, 0.2) is 53.7 Å². The van der Waals surface area contributed by atoms with E-state index in [4.69, 9.17) is 0 Å². The van der Waals surface area contributed by atoms with E-state index in [-0.39, 0.29) is 17.6 Å². The smallest absolute Gasteiger partial charge is 0.251 e. The molecule has 1 aliphatic heterocycles. The zero-order valence-corrected chi connectivity index (χ0v) is 13.8. The number of nitrogens with zero attached hydrogens (tertiary/aromatic N) is 2. The first-order valence-electron chi connectivity index (χ1n) is 7.65. The van der Waals surface area contributed by atoms with Crippen LogP contribution in [0.25, 0.3) is 0 Å². The number of nitrogens with one attached hydrogen (secondary N) is 1. The highest BCUT2D eigenvalue weighted by Crippen LogP contribution is 2.29. The summed E-state index contributed by atoms with van der Waals surface area (Å²) >= 11 is 1.17. The minimum atomic E-state index is -0.219. The van der Waals surface area contributed by atoms with Crippen molar-refractivity contribution < 1.29 is 14.3 Å². The molecule has 2 aromatic rings. The average molecular weight is 343 g/mol. The van der Waals surface area contributed by atoms with Crippen molar-refractivity contribution in [1.82, 2.24) is 0 Å². The van der Waals surface area contributed by atoms with Crippen LogP contribution in [0.4, 0.5) is 11.4 Å².